The molecule has 118 valence electrons. The summed E-state index contributed by atoms with van der Waals surface area (Å²) < 4.78 is 0. The molecule has 1 N–H and O–H groups in total. The Kier molecular flexibility index (Phi) is 3.46. The Labute approximate surface area is 136 Å². The fourth-order valence-corrected chi connectivity index (χ4v) is 4.14. The van der Waals surface area contributed by atoms with Gasteiger partial charge in [0.2, 0.25) is 0 Å². The Morgan fingerprint density at radius 3 is 2.57 bits per heavy atom. The van der Waals surface area contributed by atoms with Crippen LogP contribution in [0.4, 0.5) is 0 Å². The number of fused-ring (bicyclic) bond motifs is 2. The number of amides is 1. The molecule has 0 saturated carbocycles. The number of nitrogens with zero attached hydrogens (tertiary/aromatic N) is 1. The first kappa shape index (κ1) is 14.5. The normalized spacial score (nSPS) is 27.1. The summed E-state index contributed by atoms with van der Waals surface area (Å²) in [5, 5.41) is 11.7. The maximum absolute atomic E-state index is 13.0. The molecule has 2 aromatic carbocycles. The maximum atomic E-state index is 13.0. The van der Waals surface area contributed by atoms with Gasteiger partial charge in [-0.05, 0) is 36.5 Å². The molecule has 2 atom stereocenters. The third kappa shape index (κ3) is 2.27. The topological polar surface area (TPSA) is 40.5 Å². The van der Waals surface area contributed by atoms with Crippen molar-refractivity contribution in [2.75, 3.05) is 6.54 Å². The number of benzene rings is 2. The van der Waals surface area contributed by atoms with Crippen molar-refractivity contribution < 1.29 is 9.90 Å². The van der Waals surface area contributed by atoms with Gasteiger partial charge < -0.3 is 10.0 Å². The van der Waals surface area contributed by atoms with Gasteiger partial charge in [-0.15, -0.1) is 0 Å². The van der Waals surface area contributed by atoms with E-state index in [1.807, 2.05) is 59.5 Å². The zero-order chi connectivity index (χ0) is 15.9. The minimum atomic E-state index is -1.02. The molecule has 3 heteroatoms. The van der Waals surface area contributed by atoms with Crippen molar-refractivity contribution in [3.05, 3.63) is 71.3 Å². The van der Waals surface area contributed by atoms with E-state index < -0.39 is 5.60 Å². The van der Waals surface area contributed by atoms with Crippen LogP contribution in [-0.2, 0) is 12.0 Å². The van der Waals surface area contributed by atoms with Gasteiger partial charge in [-0.1, -0.05) is 48.5 Å². The quantitative estimate of drug-likeness (QED) is 0.879. The Morgan fingerprint density at radius 2 is 1.74 bits per heavy atom. The second-order valence-corrected chi connectivity index (χ2v) is 6.63. The summed E-state index contributed by atoms with van der Waals surface area (Å²) >= 11 is 0. The van der Waals surface area contributed by atoms with Crippen LogP contribution in [0.25, 0.3) is 0 Å². The first-order chi connectivity index (χ1) is 11.2. The second-order valence-electron chi connectivity index (χ2n) is 6.63. The van der Waals surface area contributed by atoms with E-state index >= 15 is 0 Å². The predicted octanol–water partition coefficient (Wildman–Crippen LogP) is 3.13. The van der Waals surface area contributed by atoms with Crippen molar-refractivity contribution in [2.24, 2.45) is 0 Å². The lowest BCUT2D eigenvalue weighted by Crippen LogP contribution is -2.54. The fourth-order valence-electron chi connectivity index (χ4n) is 4.14. The summed E-state index contributed by atoms with van der Waals surface area (Å²) in [7, 11) is 0. The molecule has 1 saturated heterocycles. The second kappa shape index (κ2) is 5.50. The summed E-state index contributed by atoms with van der Waals surface area (Å²) in [5.74, 6) is 0.0668. The van der Waals surface area contributed by atoms with Crippen molar-refractivity contribution in [3.63, 3.8) is 0 Å². The van der Waals surface area contributed by atoms with Crippen molar-refractivity contribution >= 4 is 5.91 Å². The van der Waals surface area contributed by atoms with Gasteiger partial charge in [0.05, 0.1) is 6.04 Å². The molecule has 2 heterocycles. The highest BCUT2D eigenvalue weighted by Gasteiger charge is 2.47. The number of carbonyl (C=O) groups excluding carboxylic acids is 1. The van der Waals surface area contributed by atoms with Gasteiger partial charge in [-0.25, -0.2) is 0 Å². The summed E-state index contributed by atoms with van der Waals surface area (Å²) in [5.41, 5.74) is 1.56. The van der Waals surface area contributed by atoms with Gasteiger partial charge in [-0.3, -0.25) is 4.79 Å². The highest BCUT2D eigenvalue weighted by Crippen LogP contribution is 2.40. The zero-order valence-corrected chi connectivity index (χ0v) is 13.1. The molecule has 23 heavy (non-hydrogen) atoms. The molecule has 2 aliphatic heterocycles. The van der Waals surface area contributed by atoms with E-state index in [4.69, 9.17) is 0 Å². The molecule has 2 aliphatic rings. The van der Waals surface area contributed by atoms with Crippen LogP contribution >= 0.6 is 0 Å². The van der Waals surface area contributed by atoms with Crippen LogP contribution in [0.15, 0.2) is 54.6 Å². The molecule has 0 aliphatic carbocycles. The van der Waals surface area contributed by atoms with E-state index in [0.29, 0.717) is 6.42 Å². The molecular formula is C20H21NO2. The van der Waals surface area contributed by atoms with E-state index in [2.05, 4.69) is 0 Å². The number of hydrogen-bond acceptors (Lipinski definition) is 2. The van der Waals surface area contributed by atoms with Gasteiger partial charge in [0.15, 0.2) is 0 Å². The van der Waals surface area contributed by atoms with Crippen LogP contribution in [0.3, 0.4) is 0 Å². The smallest absolute Gasteiger partial charge is 0.254 e. The highest BCUT2D eigenvalue weighted by atomic mass is 16.3. The highest BCUT2D eigenvalue weighted by molar-refractivity contribution is 5.96. The lowest BCUT2D eigenvalue weighted by Gasteiger charge is -2.44. The Balaban J connectivity index is 1.90. The van der Waals surface area contributed by atoms with Gasteiger partial charge in [-0.2, -0.15) is 0 Å². The lowest BCUT2D eigenvalue weighted by molar-refractivity contribution is -0.0539. The van der Waals surface area contributed by atoms with Gasteiger partial charge in [0, 0.05) is 18.5 Å². The predicted molar refractivity (Wildman–Crippen MR) is 89.2 cm³/mol. The zero-order valence-electron chi connectivity index (χ0n) is 13.1. The number of carbonyl (C=O) groups is 1. The third-order valence-corrected chi connectivity index (χ3v) is 5.30. The number of aliphatic hydroxyl groups is 1. The standard InChI is InChI=1S/C20H21NO2/c22-19-17-11-5-4-8-15(17)14-20(23,16-9-2-1-3-10-16)18-12-6-7-13-21(18)19/h1-5,8-11,18,23H,6-7,12-14H2/t18-,20+/m1/s1. The first-order valence-electron chi connectivity index (χ1n) is 8.37. The molecule has 3 nitrogen and oxygen atoms in total. The van der Waals surface area contributed by atoms with Gasteiger partial charge >= 0.3 is 0 Å². The number of piperidine rings is 1. The van der Waals surface area contributed by atoms with Crippen molar-refractivity contribution in [3.8, 4) is 0 Å². The average molecular weight is 307 g/mol. The average Bonchev–Trinajstić information content (AvgIpc) is 2.71. The van der Waals surface area contributed by atoms with E-state index in [1.165, 1.54) is 0 Å². The fraction of sp³-hybridized carbons (Fsp3) is 0.350. The van der Waals surface area contributed by atoms with Crippen molar-refractivity contribution in [1.82, 2.24) is 4.90 Å². The van der Waals surface area contributed by atoms with Gasteiger partial charge in [0.25, 0.3) is 5.91 Å². The van der Waals surface area contributed by atoms with Crippen molar-refractivity contribution in [1.29, 1.82) is 0 Å². The molecule has 0 radical (unpaired) electrons. The SMILES string of the molecule is O=C1c2ccccc2C[C@](O)(c2ccccc2)[C@H]2CCCCN12. The molecule has 2 aromatic rings. The molecule has 0 aromatic heterocycles. The molecular weight excluding hydrogens is 286 g/mol. The minimum absolute atomic E-state index is 0.0668. The van der Waals surface area contributed by atoms with E-state index in [0.717, 1.165) is 42.5 Å². The first-order valence-corrected chi connectivity index (χ1v) is 8.37. The van der Waals surface area contributed by atoms with Crippen LogP contribution in [0, 0.1) is 0 Å². The number of rotatable bonds is 1. The molecule has 0 unspecified atom stereocenters. The van der Waals surface area contributed by atoms with Crippen LogP contribution in [0.1, 0.15) is 40.7 Å². The largest absolute Gasteiger partial charge is 0.383 e. The van der Waals surface area contributed by atoms with Crippen LogP contribution in [0.2, 0.25) is 0 Å². The van der Waals surface area contributed by atoms with E-state index in [1.54, 1.807) is 0 Å². The molecule has 0 bridgehead atoms. The minimum Gasteiger partial charge on any atom is -0.383 e. The van der Waals surface area contributed by atoms with Crippen LogP contribution < -0.4 is 0 Å². The van der Waals surface area contributed by atoms with Crippen LogP contribution in [0.5, 0.6) is 0 Å². The van der Waals surface area contributed by atoms with E-state index in [9.17, 15) is 9.90 Å². The Hall–Kier alpha value is -2.13. The van der Waals surface area contributed by atoms with Crippen LogP contribution in [-0.4, -0.2) is 28.5 Å². The monoisotopic (exact) mass is 307 g/mol. The molecule has 1 amide bonds. The Bertz CT molecular complexity index is 727. The van der Waals surface area contributed by atoms with Gasteiger partial charge in [0.1, 0.15) is 5.60 Å². The Morgan fingerprint density at radius 1 is 1.00 bits per heavy atom. The lowest BCUT2D eigenvalue weighted by atomic mass is 9.78. The summed E-state index contributed by atoms with van der Waals surface area (Å²) in [4.78, 5) is 14.9. The maximum Gasteiger partial charge on any atom is 0.254 e. The molecule has 1 fully saturated rings. The third-order valence-electron chi connectivity index (χ3n) is 5.30. The summed E-state index contributed by atoms with van der Waals surface area (Å²) in [6, 6.07) is 17.4. The summed E-state index contributed by atoms with van der Waals surface area (Å²) in [6.07, 6.45) is 3.40. The molecule has 0 spiro atoms. The molecule has 4 rings (SSSR count). The van der Waals surface area contributed by atoms with Crippen molar-refractivity contribution in [2.45, 2.75) is 37.3 Å². The van der Waals surface area contributed by atoms with E-state index in [-0.39, 0.29) is 11.9 Å². The summed E-state index contributed by atoms with van der Waals surface area (Å²) in [6.45, 7) is 0.729. The number of hydrogen-bond donors (Lipinski definition) is 1.